The molecule has 0 radical (unpaired) electrons. The third kappa shape index (κ3) is 2.91. The molecule has 0 heterocycles. The predicted molar refractivity (Wildman–Crippen MR) is 71.3 cm³/mol. The summed E-state index contributed by atoms with van der Waals surface area (Å²) in [6.07, 6.45) is 0. The molecule has 9 nitrogen and oxygen atoms in total. The van der Waals surface area contributed by atoms with Crippen LogP contribution in [0.1, 0.15) is 19.4 Å². The number of nitro benzene ring substituents is 2. The lowest BCUT2D eigenvalue weighted by atomic mass is 9.84. The van der Waals surface area contributed by atoms with Gasteiger partial charge in [-0.05, 0) is 19.4 Å². The van der Waals surface area contributed by atoms with Gasteiger partial charge in [-0.15, -0.1) is 0 Å². The van der Waals surface area contributed by atoms with Gasteiger partial charge in [-0.3, -0.25) is 25.0 Å². The van der Waals surface area contributed by atoms with Crippen molar-refractivity contribution < 1.29 is 24.1 Å². The Balaban J connectivity index is 3.67. The zero-order valence-electron chi connectivity index (χ0n) is 11.9. The van der Waals surface area contributed by atoms with E-state index in [0.717, 1.165) is 26.4 Å². The Bertz CT molecular complexity index is 575. The van der Waals surface area contributed by atoms with Crippen LogP contribution in [0.4, 0.5) is 11.4 Å². The molecule has 0 aliphatic heterocycles. The number of rotatable bonds is 5. The normalized spacial score (nSPS) is 10.9. The molecule has 0 saturated heterocycles. The van der Waals surface area contributed by atoms with E-state index in [-0.39, 0.29) is 5.56 Å². The quantitative estimate of drug-likeness (QED) is 0.462. The van der Waals surface area contributed by atoms with E-state index < -0.39 is 38.4 Å². The van der Waals surface area contributed by atoms with Gasteiger partial charge in [0.05, 0.1) is 29.5 Å². The summed E-state index contributed by atoms with van der Waals surface area (Å²) in [6, 6.07) is 2.14. The van der Waals surface area contributed by atoms with Crippen LogP contribution >= 0.6 is 0 Å². The topological polar surface area (TPSA) is 122 Å². The Morgan fingerprint density at radius 3 is 1.81 bits per heavy atom. The van der Waals surface area contributed by atoms with E-state index in [1.165, 1.54) is 13.8 Å². The van der Waals surface area contributed by atoms with Crippen molar-refractivity contribution in [1.82, 2.24) is 0 Å². The first-order chi connectivity index (χ1) is 9.66. The standard InChI is InChI=1S/C12H14N2O7/c1-12(2,11(15)21-4)7-5-8(13(16)17)10(20-3)9(6-7)14(18)19/h5-6H,1-4H3. The molecule has 9 heteroatoms. The van der Waals surface area contributed by atoms with Crippen molar-refractivity contribution in [1.29, 1.82) is 0 Å². The highest BCUT2D eigenvalue weighted by Gasteiger charge is 2.37. The molecule has 0 saturated carbocycles. The number of esters is 1. The Kier molecular flexibility index (Phi) is 4.46. The van der Waals surface area contributed by atoms with Gasteiger partial charge in [0.1, 0.15) is 0 Å². The molecule has 21 heavy (non-hydrogen) atoms. The number of benzene rings is 1. The first-order valence-electron chi connectivity index (χ1n) is 5.76. The largest absolute Gasteiger partial charge is 0.485 e. The van der Waals surface area contributed by atoms with Crippen molar-refractivity contribution in [3.05, 3.63) is 37.9 Å². The second-order valence-corrected chi connectivity index (χ2v) is 4.68. The molecule has 0 bridgehead atoms. The van der Waals surface area contributed by atoms with Crippen LogP contribution in [0.2, 0.25) is 0 Å². The summed E-state index contributed by atoms with van der Waals surface area (Å²) in [5.41, 5.74) is -2.36. The molecule has 114 valence electrons. The zero-order chi connectivity index (χ0) is 16.4. The average Bonchev–Trinajstić information content (AvgIpc) is 2.44. The molecule has 0 aliphatic carbocycles. The second kappa shape index (κ2) is 5.73. The Morgan fingerprint density at radius 1 is 1.10 bits per heavy atom. The average molecular weight is 298 g/mol. The summed E-state index contributed by atoms with van der Waals surface area (Å²) >= 11 is 0. The van der Waals surface area contributed by atoms with E-state index in [1.807, 2.05) is 0 Å². The number of carbonyl (C=O) groups is 1. The molecular formula is C12H14N2O7. The fraction of sp³-hybridized carbons (Fsp3) is 0.417. The lowest BCUT2D eigenvalue weighted by molar-refractivity contribution is -0.396. The number of nitro groups is 2. The van der Waals surface area contributed by atoms with E-state index >= 15 is 0 Å². The summed E-state index contributed by atoms with van der Waals surface area (Å²) in [5, 5.41) is 22.1. The van der Waals surface area contributed by atoms with Crippen LogP contribution in [-0.4, -0.2) is 30.0 Å². The maximum atomic E-state index is 11.8. The molecule has 0 unspecified atom stereocenters. The van der Waals surface area contributed by atoms with Gasteiger partial charge in [0.15, 0.2) is 0 Å². The summed E-state index contributed by atoms with van der Waals surface area (Å²) < 4.78 is 9.37. The smallest absolute Gasteiger partial charge is 0.318 e. The molecular weight excluding hydrogens is 284 g/mol. The van der Waals surface area contributed by atoms with E-state index in [1.54, 1.807) is 0 Å². The third-order valence-corrected chi connectivity index (χ3v) is 3.06. The van der Waals surface area contributed by atoms with Crippen LogP contribution in [0, 0.1) is 20.2 Å². The first kappa shape index (κ1) is 16.3. The summed E-state index contributed by atoms with van der Waals surface area (Å²) in [6.45, 7) is 2.90. The number of ether oxygens (including phenoxy) is 2. The van der Waals surface area contributed by atoms with Gasteiger partial charge in [-0.1, -0.05) is 0 Å². The molecule has 1 rings (SSSR count). The van der Waals surface area contributed by atoms with Crippen LogP contribution in [0.15, 0.2) is 12.1 Å². The van der Waals surface area contributed by atoms with Crippen molar-refractivity contribution in [3.63, 3.8) is 0 Å². The minimum absolute atomic E-state index is 0.0913. The van der Waals surface area contributed by atoms with Gasteiger partial charge >= 0.3 is 17.3 Å². The molecule has 1 aromatic rings. The van der Waals surface area contributed by atoms with Crippen molar-refractivity contribution >= 4 is 17.3 Å². The molecule has 0 amide bonds. The molecule has 0 fully saturated rings. The fourth-order valence-electron chi connectivity index (χ4n) is 1.81. The molecule has 0 aromatic heterocycles. The summed E-state index contributed by atoms with van der Waals surface area (Å²) in [4.78, 5) is 32.3. The van der Waals surface area contributed by atoms with Gasteiger partial charge in [0, 0.05) is 12.1 Å². The highest BCUT2D eigenvalue weighted by Crippen LogP contribution is 2.41. The van der Waals surface area contributed by atoms with Crippen molar-refractivity contribution in [2.45, 2.75) is 19.3 Å². The summed E-state index contributed by atoms with van der Waals surface area (Å²) in [5.74, 6) is -1.13. The van der Waals surface area contributed by atoms with Crippen LogP contribution in [0.5, 0.6) is 5.75 Å². The molecule has 1 aromatic carbocycles. The van der Waals surface area contributed by atoms with Crippen molar-refractivity contribution in [3.8, 4) is 5.75 Å². The van der Waals surface area contributed by atoms with Crippen LogP contribution < -0.4 is 4.74 Å². The van der Waals surface area contributed by atoms with Gasteiger partial charge in [0.2, 0.25) is 0 Å². The number of nitrogens with zero attached hydrogens (tertiary/aromatic N) is 2. The molecule has 0 atom stereocenters. The molecule has 0 N–H and O–H groups in total. The maximum absolute atomic E-state index is 11.8. The number of hydrogen-bond acceptors (Lipinski definition) is 7. The Labute approximate surface area is 119 Å². The Hall–Kier alpha value is -2.71. The summed E-state index contributed by atoms with van der Waals surface area (Å²) in [7, 11) is 2.26. The van der Waals surface area contributed by atoms with Gasteiger partial charge < -0.3 is 9.47 Å². The SMILES string of the molecule is COC(=O)C(C)(C)c1cc([N+](=O)[O-])c(OC)c([N+](=O)[O-])c1. The minimum atomic E-state index is -1.28. The van der Waals surface area contributed by atoms with Gasteiger partial charge in [0.25, 0.3) is 5.75 Å². The predicted octanol–water partition coefficient (Wildman–Crippen LogP) is 1.96. The lowest BCUT2D eigenvalue weighted by Gasteiger charge is -2.21. The fourth-order valence-corrected chi connectivity index (χ4v) is 1.81. The monoisotopic (exact) mass is 298 g/mol. The molecule has 0 aliphatic rings. The Morgan fingerprint density at radius 2 is 1.52 bits per heavy atom. The zero-order valence-corrected chi connectivity index (χ0v) is 11.9. The highest BCUT2D eigenvalue weighted by molar-refractivity contribution is 5.83. The van der Waals surface area contributed by atoms with E-state index in [4.69, 9.17) is 4.74 Å². The number of hydrogen-bond donors (Lipinski definition) is 0. The maximum Gasteiger partial charge on any atom is 0.318 e. The van der Waals surface area contributed by atoms with Gasteiger partial charge in [-0.2, -0.15) is 0 Å². The lowest BCUT2D eigenvalue weighted by Crippen LogP contribution is -2.30. The van der Waals surface area contributed by atoms with Crippen molar-refractivity contribution in [2.24, 2.45) is 0 Å². The van der Waals surface area contributed by atoms with E-state index in [0.29, 0.717) is 0 Å². The van der Waals surface area contributed by atoms with Gasteiger partial charge in [-0.25, -0.2) is 0 Å². The molecule has 0 spiro atoms. The number of methoxy groups -OCH3 is 2. The third-order valence-electron chi connectivity index (χ3n) is 3.06. The van der Waals surface area contributed by atoms with Crippen LogP contribution in [0.3, 0.4) is 0 Å². The van der Waals surface area contributed by atoms with Crippen LogP contribution in [-0.2, 0) is 14.9 Å². The van der Waals surface area contributed by atoms with E-state index in [9.17, 15) is 25.0 Å². The first-order valence-corrected chi connectivity index (χ1v) is 5.76. The minimum Gasteiger partial charge on any atom is -0.485 e. The van der Waals surface area contributed by atoms with Crippen molar-refractivity contribution in [2.75, 3.05) is 14.2 Å². The second-order valence-electron chi connectivity index (χ2n) is 4.68. The highest BCUT2D eigenvalue weighted by atomic mass is 16.6. The number of carbonyl (C=O) groups excluding carboxylic acids is 1. The van der Waals surface area contributed by atoms with E-state index in [2.05, 4.69) is 4.74 Å². The van der Waals surface area contributed by atoms with Crippen LogP contribution in [0.25, 0.3) is 0 Å².